The van der Waals surface area contributed by atoms with E-state index in [-0.39, 0.29) is 24.8 Å². The predicted octanol–water partition coefficient (Wildman–Crippen LogP) is 3.27. The number of carbonyl (C=O) groups is 2. The van der Waals surface area contributed by atoms with Crippen molar-refractivity contribution in [2.24, 2.45) is 0 Å². The van der Waals surface area contributed by atoms with Gasteiger partial charge in [0, 0.05) is 18.0 Å². The van der Waals surface area contributed by atoms with Crippen LogP contribution in [0.25, 0.3) is 0 Å². The van der Waals surface area contributed by atoms with Gasteiger partial charge in [-0.2, -0.15) is 0 Å². The Kier molecular flexibility index (Phi) is 6.75. The zero-order chi connectivity index (χ0) is 17.4. The van der Waals surface area contributed by atoms with Crippen LogP contribution in [0.4, 0.5) is 4.39 Å². The maximum Gasteiger partial charge on any atom is 0.306 e. The standard InChI is InChI=1S/C18H17ClFNO3/c19-15-6-1-14(2-7-15)11-21-17(22)12-24-18(23)10-5-13-3-8-16(20)9-4-13/h1-4,6-9H,5,10-12H2,(H,21,22). The minimum Gasteiger partial charge on any atom is -0.456 e. The summed E-state index contributed by atoms with van der Waals surface area (Å²) in [7, 11) is 0. The first-order chi connectivity index (χ1) is 11.5. The molecule has 0 saturated heterocycles. The second-order valence-electron chi connectivity index (χ2n) is 5.19. The molecule has 0 fully saturated rings. The summed E-state index contributed by atoms with van der Waals surface area (Å²) in [5, 5.41) is 3.28. The van der Waals surface area contributed by atoms with Crippen molar-refractivity contribution in [3.8, 4) is 0 Å². The molecule has 1 N–H and O–H groups in total. The van der Waals surface area contributed by atoms with Crippen molar-refractivity contribution in [1.29, 1.82) is 0 Å². The van der Waals surface area contributed by atoms with Crippen molar-refractivity contribution in [2.45, 2.75) is 19.4 Å². The van der Waals surface area contributed by atoms with Crippen molar-refractivity contribution in [1.82, 2.24) is 5.32 Å². The van der Waals surface area contributed by atoms with E-state index in [1.165, 1.54) is 12.1 Å². The quantitative estimate of drug-likeness (QED) is 0.780. The molecule has 0 aliphatic heterocycles. The molecule has 0 spiro atoms. The van der Waals surface area contributed by atoms with Gasteiger partial charge in [-0.1, -0.05) is 35.9 Å². The van der Waals surface area contributed by atoms with E-state index in [9.17, 15) is 14.0 Å². The van der Waals surface area contributed by atoms with E-state index < -0.39 is 5.97 Å². The number of halogens is 2. The van der Waals surface area contributed by atoms with Gasteiger partial charge < -0.3 is 10.1 Å². The Morgan fingerprint density at radius 1 is 1.00 bits per heavy atom. The van der Waals surface area contributed by atoms with Crippen molar-refractivity contribution >= 4 is 23.5 Å². The van der Waals surface area contributed by atoms with Crippen LogP contribution < -0.4 is 5.32 Å². The second-order valence-corrected chi connectivity index (χ2v) is 5.63. The number of carbonyl (C=O) groups excluding carboxylic acids is 2. The molecule has 2 aromatic carbocycles. The van der Waals surface area contributed by atoms with E-state index in [1.807, 2.05) is 0 Å². The van der Waals surface area contributed by atoms with Crippen molar-refractivity contribution in [3.63, 3.8) is 0 Å². The highest BCUT2D eigenvalue weighted by Gasteiger charge is 2.08. The van der Waals surface area contributed by atoms with E-state index in [1.54, 1.807) is 36.4 Å². The molecule has 0 bridgehead atoms. The number of rotatable bonds is 7. The third kappa shape index (κ3) is 6.38. The summed E-state index contributed by atoms with van der Waals surface area (Å²) in [4.78, 5) is 23.3. The molecule has 24 heavy (non-hydrogen) atoms. The molecule has 0 atom stereocenters. The Hall–Kier alpha value is -2.40. The van der Waals surface area contributed by atoms with Crippen LogP contribution in [0.5, 0.6) is 0 Å². The van der Waals surface area contributed by atoms with E-state index >= 15 is 0 Å². The Labute approximate surface area is 144 Å². The van der Waals surface area contributed by atoms with Gasteiger partial charge in [-0.15, -0.1) is 0 Å². The first kappa shape index (κ1) is 17.9. The van der Waals surface area contributed by atoms with Crippen molar-refractivity contribution in [2.75, 3.05) is 6.61 Å². The lowest BCUT2D eigenvalue weighted by molar-refractivity contribution is -0.148. The summed E-state index contributed by atoms with van der Waals surface area (Å²) in [6.45, 7) is 0.0129. The molecule has 0 unspecified atom stereocenters. The number of hydrogen-bond donors (Lipinski definition) is 1. The summed E-state index contributed by atoms with van der Waals surface area (Å²) in [6, 6.07) is 13.0. The highest BCUT2D eigenvalue weighted by Crippen LogP contribution is 2.09. The summed E-state index contributed by atoms with van der Waals surface area (Å²) in [5.41, 5.74) is 1.73. The molecule has 0 aromatic heterocycles. The number of nitrogens with one attached hydrogen (secondary N) is 1. The first-order valence-corrected chi connectivity index (χ1v) is 7.82. The molecule has 4 nitrogen and oxygen atoms in total. The molecular formula is C18H17ClFNO3. The molecule has 6 heteroatoms. The van der Waals surface area contributed by atoms with Crippen LogP contribution in [0.2, 0.25) is 5.02 Å². The average Bonchev–Trinajstić information content (AvgIpc) is 2.59. The number of amides is 1. The van der Waals surface area contributed by atoms with Crippen LogP contribution >= 0.6 is 11.6 Å². The number of benzene rings is 2. The Morgan fingerprint density at radius 3 is 2.29 bits per heavy atom. The third-order valence-corrected chi connectivity index (χ3v) is 3.55. The van der Waals surface area contributed by atoms with Crippen LogP contribution in [-0.4, -0.2) is 18.5 Å². The van der Waals surface area contributed by atoms with E-state index in [0.717, 1.165) is 11.1 Å². The van der Waals surface area contributed by atoms with Crippen LogP contribution in [0.15, 0.2) is 48.5 Å². The molecule has 2 rings (SSSR count). The SMILES string of the molecule is O=C(COC(=O)CCc1ccc(F)cc1)NCc1ccc(Cl)cc1. The molecule has 126 valence electrons. The Bertz CT molecular complexity index is 625. The summed E-state index contributed by atoms with van der Waals surface area (Å²) >= 11 is 5.78. The van der Waals surface area contributed by atoms with Crippen LogP contribution in [-0.2, 0) is 27.3 Å². The molecule has 0 aliphatic rings. The van der Waals surface area contributed by atoms with E-state index in [0.29, 0.717) is 18.0 Å². The lowest BCUT2D eigenvalue weighted by Crippen LogP contribution is -2.28. The highest BCUT2D eigenvalue weighted by molar-refractivity contribution is 6.30. The van der Waals surface area contributed by atoms with E-state index in [2.05, 4.69) is 5.32 Å². The Balaban J connectivity index is 1.64. The van der Waals surface area contributed by atoms with Crippen molar-refractivity contribution < 1.29 is 18.7 Å². The normalized spacial score (nSPS) is 10.2. The summed E-state index contributed by atoms with van der Waals surface area (Å²) in [6.07, 6.45) is 0.571. The van der Waals surface area contributed by atoms with Gasteiger partial charge in [0.25, 0.3) is 5.91 Å². The van der Waals surface area contributed by atoms with Gasteiger partial charge in [0.1, 0.15) is 5.82 Å². The van der Waals surface area contributed by atoms with Gasteiger partial charge >= 0.3 is 5.97 Å². The zero-order valence-electron chi connectivity index (χ0n) is 12.9. The number of esters is 1. The summed E-state index contributed by atoms with van der Waals surface area (Å²) in [5.74, 6) is -1.17. The molecule has 2 aromatic rings. The molecular weight excluding hydrogens is 333 g/mol. The van der Waals surface area contributed by atoms with Gasteiger partial charge in [0.15, 0.2) is 6.61 Å². The lowest BCUT2D eigenvalue weighted by Gasteiger charge is -2.07. The lowest BCUT2D eigenvalue weighted by atomic mass is 10.1. The average molecular weight is 350 g/mol. The van der Waals surface area contributed by atoms with Gasteiger partial charge in [0.05, 0.1) is 0 Å². The van der Waals surface area contributed by atoms with Gasteiger partial charge in [-0.25, -0.2) is 4.39 Å². The maximum absolute atomic E-state index is 12.8. The van der Waals surface area contributed by atoms with Gasteiger partial charge in [-0.05, 0) is 41.8 Å². The second kappa shape index (κ2) is 9.03. The monoisotopic (exact) mass is 349 g/mol. The molecule has 1 amide bonds. The first-order valence-electron chi connectivity index (χ1n) is 7.44. The minimum atomic E-state index is -0.471. The van der Waals surface area contributed by atoms with Gasteiger partial charge in [-0.3, -0.25) is 9.59 Å². The fourth-order valence-electron chi connectivity index (χ4n) is 1.97. The predicted molar refractivity (Wildman–Crippen MR) is 89.0 cm³/mol. The topological polar surface area (TPSA) is 55.4 Å². The minimum absolute atomic E-state index is 0.135. The molecule has 0 radical (unpaired) electrons. The van der Waals surface area contributed by atoms with Gasteiger partial charge in [0.2, 0.25) is 0 Å². The summed E-state index contributed by atoms with van der Waals surface area (Å²) < 4.78 is 17.7. The van der Waals surface area contributed by atoms with Crippen LogP contribution in [0.3, 0.4) is 0 Å². The molecule has 0 aliphatic carbocycles. The largest absolute Gasteiger partial charge is 0.456 e. The molecule has 0 saturated carbocycles. The number of hydrogen-bond acceptors (Lipinski definition) is 3. The fraction of sp³-hybridized carbons (Fsp3) is 0.222. The smallest absolute Gasteiger partial charge is 0.306 e. The van der Waals surface area contributed by atoms with E-state index in [4.69, 9.17) is 16.3 Å². The maximum atomic E-state index is 12.8. The van der Waals surface area contributed by atoms with Crippen LogP contribution in [0, 0.1) is 5.82 Å². The molecule has 0 heterocycles. The van der Waals surface area contributed by atoms with Crippen LogP contribution in [0.1, 0.15) is 17.5 Å². The Morgan fingerprint density at radius 2 is 1.62 bits per heavy atom. The van der Waals surface area contributed by atoms with Crippen molar-refractivity contribution in [3.05, 3.63) is 70.5 Å². The zero-order valence-corrected chi connectivity index (χ0v) is 13.7. The number of aryl methyl sites for hydroxylation is 1. The third-order valence-electron chi connectivity index (χ3n) is 3.30. The fourth-order valence-corrected chi connectivity index (χ4v) is 2.10. The number of ether oxygens (including phenoxy) is 1. The highest BCUT2D eigenvalue weighted by atomic mass is 35.5.